The highest BCUT2D eigenvalue weighted by Crippen LogP contribution is 2.22. The lowest BCUT2D eigenvalue weighted by Gasteiger charge is -2.13. The third kappa shape index (κ3) is 3.77. The van der Waals surface area contributed by atoms with Crippen molar-refractivity contribution in [3.05, 3.63) is 48.7 Å². The zero-order chi connectivity index (χ0) is 17.8. The molecule has 1 aromatic carbocycles. The van der Waals surface area contributed by atoms with Gasteiger partial charge in [0.25, 0.3) is 0 Å². The normalized spacial score (nSPS) is 10.4. The summed E-state index contributed by atoms with van der Waals surface area (Å²) in [4.78, 5) is 22.9. The molecule has 7 nitrogen and oxygen atoms in total. The van der Waals surface area contributed by atoms with Crippen molar-refractivity contribution < 1.29 is 9.53 Å². The summed E-state index contributed by atoms with van der Waals surface area (Å²) < 4.78 is 5.14. The largest absolute Gasteiger partial charge is 0.481 e. The van der Waals surface area contributed by atoms with Gasteiger partial charge in [-0.05, 0) is 36.4 Å². The number of nitrogens with zero attached hydrogens (tertiary/aromatic N) is 3. The number of nitrogens with one attached hydrogen (secondary N) is 2. The number of rotatable bonds is 4. The van der Waals surface area contributed by atoms with Gasteiger partial charge in [-0.25, -0.2) is 9.78 Å². The quantitative estimate of drug-likeness (QED) is 0.763. The minimum Gasteiger partial charge on any atom is -0.481 e. The van der Waals surface area contributed by atoms with Gasteiger partial charge in [-0.3, -0.25) is 4.98 Å². The number of hydrogen-bond acceptors (Lipinski definition) is 5. The van der Waals surface area contributed by atoms with E-state index in [2.05, 4.69) is 20.6 Å². The van der Waals surface area contributed by atoms with Gasteiger partial charge in [-0.1, -0.05) is 0 Å². The van der Waals surface area contributed by atoms with Crippen LogP contribution in [0.1, 0.15) is 0 Å². The van der Waals surface area contributed by atoms with E-state index in [0.29, 0.717) is 28.3 Å². The van der Waals surface area contributed by atoms with Crippen LogP contribution in [0.5, 0.6) is 5.88 Å². The molecule has 7 heteroatoms. The monoisotopic (exact) mass is 337 g/mol. The van der Waals surface area contributed by atoms with E-state index < -0.39 is 0 Å². The summed E-state index contributed by atoms with van der Waals surface area (Å²) in [6, 6.07) is 12.4. The number of fused-ring (bicyclic) bond motifs is 1. The molecule has 0 saturated heterocycles. The maximum Gasteiger partial charge on any atom is 0.323 e. The summed E-state index contributed by atoms with van der Waals surface area (Å²) in [6.07, 6.45) is 1.62. The van der Waals surface area contributed by atoms with Crippen molar-refractivity contribution in [2.24, 2.45) is 0 Å². The standard InChI is InChI=1S/C18H19N5O2/c1-23(2)13-6-4-12(5-7-13)20-18(24)21-15-10-11-19-14-8-9-16(25-3)22-17(14)15/h4-11H,1-3H3,(H2,19,20,21,24). The van der Waals surface area contributed by atoms with Gasteiger partial charge in [0.05, 0.1) is 18.3 Å². The van der Waals surface area contributed by atoms with E-state index in [0.717, 1.165) is 5.69 Å². The Morgan fingerprint density at radius 3 is 2.48 bits per heavy atom. The number of ether oxygens (including phenoxy) is 1. The fraction of sp³-hybridized carbons (Fsp3) is 0.167. The van der Waals surface area contributed by atoms with Crippen LogP contribution >= 0.6 is 0 Å². The van der Waals surface area contributed by atoms with E-state index in [-0.39, 0.29) is 6.03 Å². The predicted molar refractivity (Wildman–Crippen MR) is 99.5 cm³/mol. The molecule has 2 heterocycles. The Hall–Kier alpha value is -3.35. The lowest BCUT2D eigenvalue weighted by molar-refractivity contribution is 0.262. The second-order valence-corrected chi connectivity index (χ2v) is 5.60. The molecule has 0 aliphatic rings. The first-order valence-electron chi connectivity index (χ1n) is 7.72. The van der Waals surface area contributed by atoms with E-state index in [1.54, 1.807) is 31.5 Å². The molecule has 2 amide bonds. The third-order valence-electron chi connectivity index (χ3n) is 3.66. The molecule has 128 valence electrons. The molecule has 0 atom stereocenters. The number of hydrogen-bond donors (Lipinski definition) is 2. The fourth-order valence-corrected chi connectivity index (χ4v) is 2.35. The van der Waals surface area contributed by atoms with Crippen molar-refractivity contribution in [2.45, 2.75) is 0 Å². The van der Waals surface area contributed by atoms with Crippen LogP contribution in [0.4, 0.5) is 21.9 Å². The molecule has 2 aromatic heterocycles. The number of benzene rings is 1. The van der Waals surface area contributed by atoms with E-state index in [1.165, 1.54) is 0 Å². The Balaban J connectivity index is 1.77. The molecule has 0 fully saturated rings. The summed E-state index contributed by atoms with van der Waals surface area (Å²) in [5, 5.41) is 5.61. The smallest absolute Gasteiger partial charge is 0.323 e. The Morgan fingerprint density at radius 2 is 1.80 bits per heavy atom. The Morgan fingerprint density at radius 1 is 1.04 bits per heavy atom. The number of amides is 2. The van der Waals surface area contributed by atoms with Crippen LogP contribution in [0.2, 0.25) is 0 Å². The van der Waals surface area contributed by atoms with Crippen LogP contribution in [0, 0.1) is 0 Å². The van der Waals surface area contributed by atoms with Gasteiger partial charge in [0, 0.05) is 37.7 Å². The van der Waals surface area contributed by atoms with Gasteiger partial charge in [0.2, 0.25) is 5.88 Å². The number of anilines is 3. The highest BCUT2D eigenvalue weighted by molar-refractivity contribution is 6.04. The third-order valence-corrected chi connectivity index (χ3v) is 3.66. The summed E-state index contributed by atoms with van der Waals surface area (Å²) in [6.45, 7) is 0. The molecular formula is C18H19N5O2. The summed E-state index contributed by atoms with van der Waals surface area (Å²) in [5.41, 5.74) is 3.56. The van der Waals surface area contributed by atoms with Gasteiger partial charge in [0.15, 0.2) is 0 Å². The highest BCUT2D eigenvalue weighted by Gasteiger charge is 2.09. The van der Waals surface area contributed by atoms with Crippen LogP contribution in [0.15, 0.2) is 48.7 Å². The molecule has 0 spiro atoms. The van der Waals surface area contributed by atoms with Crippen LogP contribution in [-0.2, 0) is 0 Å². The molecule has 0 saturated carbocycles. The van der Waals surface area contributed by atoms with Crippen molar-refractivity contribution in [2.75, 3.05) is 36.7 Å². The second kappa shape index (κ2) is 7.04. The first-order chi connectivity index (χ1) is 12.1. The van der Waals surface area contributed by atoms with E-state index in [1.807, 2.05) is 43.3 Å². The molecule has 0 unspecified atom stereocenters. The first-order valence-corrected chi connectivity index (χ1v) is 7.72. The van der Waals surface area contributed by atoms with Crippen molar-refractivity contribution in [1.29, 1.82) is 0 Å². The molecule has 0 aliphatic heterocycles. The molecule has 0 bridgehead atoms. The Bertz CT molecular complexity index is 894. The number of pyridine rings is 2. The van der Waals surface area contributed by atoms with Crippen molar-refractivity contribution in [3.63, 3.8) is 0 Å². The number of carbonyl (C=O) groups excluding carboxylic acids is 1. The number of carbonyl (C=O) groups is 1. The van der Waals surface area contributed by atoms with Gasteiger partial charge in [0.1, 0.15) is 5.52 Å². The van der Waals surface area contributed by atoms with Gasteiger partial charge >= 0.3 is 6.03 Å². The van der Waals surface area contributed by atoms with Gasteiger partial charge in [-0.15, -0.1) is 0 Å². The molecular weight excluding hydrogens is 318 g/mol. The zero-order valence-electron chi connectivity index (χ0n) is 14.3. The minimum absolute atomic E-state index is 0.352. The fourth-order valence-electron chi connectivity index (χ4n) is 2.35. The maximum absolute atomic E-state index is 12.3. The molecule has 3 rings (SSSR count). The number of methoxy groups -OCH3 is 1. The minimum atomic E-state index is -0.352. The number of aromatic nitrogens is 2. The Kier molecular flexibility index (Phi) is 4.65. The SMILES string of the molecule is COc1ccc2nccc(NC(=O)Nc3ccc(N(C)C)cc3)c2n1. The van der Waals surface area contributed by atoms with Crippen LogP contribution in [0.3, 0.4) is 0 Å². The van der Waals surface area contributed by atoms with Crippen molar-refractivity contribution in [3.8, 4) is 5.88 Å². The summed E-state index contributed by atoms with van der Waals surface area (Å²) in [7, 11) is 5.47. The van der Waals surface area contributed by atoms with Crippen LogP contribution in [-0.4, -0.2) is 37.2 Å². The lowest BCUT2D eigenvalue weighted by Crippen LogP contribution is -2.20. The second-order valence-electron chi connectivity index (χ2n) is 5.60. The van der Waals surface area contributed by atoms with E-state index >= 15 is 0 Å². The average molecular weight is 337 g/mol. The van der Waals surface area contributed by atoms with Crippen molar-refractivity contribution >= 4 is 34.1 Å². The van der Waals surface area contributed by atoms with E-state index in [9.17, 15) is 4.79 Å². The summed E-state index contributed by atoms with van der Waals surface area (Å²) >= 11 is 0. The first kappa shape index (κ1) is 16.5. The van der Waals surface area contributed by atoms with Gasteiger partial charge in [-0.2, -0.15) is 0 Å². The Labute approximate surface area is 145 Å². The number of urea groups is 1. The van der Waals surface area contributed by atoms with E-state index in [4.69, 9.17) is 4.74 Å². The van der Waals surface area contributed by atoms with Crippen molar-refractivity contribution in [1.82, 2.24) is 9.97 Å². The molecule has 0 aliphatic carbocycles. The molecule has 25 heavy (non-hydrogen) atoms. The van der Waals surface area contributed by atoms with Crippen LogP contribution < -0.4 is 20.3 Å². The zero-order valence-corrected chi connectivity index (χ0v) is 14.3. The molecule has 3 aromatic rings. The van der Waals surface area contributed by atoms with Gasteiger partial charge < -0.3 is 20.3 Å². The maximum atomic E-state index is 12.3. The average Bonchev–Trinajstić information content (AvgIpc) is 2.62. The highest BCUT2D eigenvalue weighted by atomic mass is 16.5. The lowest BCUT2D eigenvalue weighted by atomic mass is 10.2. The summed E-state index contributed by atoms with van der Waals surface area (Å²) in [5.74, 6) is 0.461. The topological polar surface area (TPSA) is 79.4 Å². The van der Waals surface area contributed by atoms with Crippen LogP contribution in [0.25, 0.3) is 11.0 Å². The molecule has 0 radical (unpaired) electrons. The predicted octanol–water partition coefficient (Wildman–Crippen LogP) is 3.35. The molecule has 2 N–H and O–H groups in total.